The van der Waals surface area contributed by atoms with Crippen LogP contribution in [-0.2, 0) is 6.42 Å². The maximum Gasteiger partial charge on any atom is 0.103 e. The summed E-state index contributed by atoms with van der Waals surface area (Å²) in [5.41, 5.74) is 1.29. The van der Waals surface area contributed by atoms with Crippen LogP contribution in [0.1, 0.15) is 57.0 Å². The van der Waals surface area contributed by atoms with E-state index in [-0.39, 0.29) is 12.4 Å². The van der Waals surface area contributed by atoms with Gasteiger partial charge in [-0.1, -0.05) is 39.0 Å². The second-order valence-corrected chi connectivity index (χ2v) is 4.01. The Hall–Kier alpha value is -0.500. The van der Waals surface area contributed by atoms with Gasteiger partial charge >= 0.3 is 0 Å². The molecule has 0 bridgehead atoms. The predicted molar refractivity (Wildman–Crippen MR) is 67.7 cm³/mol. The number of aromatic nitrogens is 2. The van der Waals surface area contributed by atoms with Gasteiger partial charge in [0.2, 0.25) is 0 Å². The van der Waals surface area contributed by atoms with Crippen LogP contribution in [0.15, 0.2) is 6.20 Å². The molecule has 15 heavy (non-hydrogen) atoms. The number of nitrogens with zero attached hydrogens (tertiary/aromatic N) is 1. The van der Waals surface area contributed by atoms with Crippen LogP contribution in [0, 0.1) is 6.92 Å². The number of halogens is 1. The fourth-order valence-electron chi connectivity index (χ4n) is 1.69. The van der Waals surface area contributed by atoms with Crippen LogP contribution in [-0.4, -0.2) is 9.97 Å². The molecular weight excluding hydrogens is 208 g/mol. The molecular formula is C12H23ClN2. The number of aromatic amines is 1. The highest BCUT2D eigenvalue weighted by molar-refractivity contribution is 5.85. The number of hydrogen-bond donors (Lipinski definition) is 1. The van der Waals surface area contributed by atoms with Gasteiger partial charge in [-0.2, -0.15) is 0 Å². The molecule has 1 aromatic rings. The van der Waals surface area contributed by atoms with E-state index < -0.39 is 0 Å². The lowest BCUT2D eigenvalue weighted by atomic mass is 10.1. The Labute approximate surface area is 99.3 Å². The van der Waals surface area contributed by atoms with E-state index in [4.69, 9.17) is 0 Å². The van der Waals surface area contributed by atoms with E-state index in [1.807, 2.05) is 13.1 Å². The Morgan fingerprint density at radius 2 is 1.80 bits per heavy atom. The summed E-state index contributed by atoms with van der Waals surface area (Å²) in [5, 5.41) is 0. The Morgan fingerprint density at radius 1 is 1.13 bits per heavy atom. The molecule has 0 aromatic carbocycles. The first-order chi connectivity index (χ1) is 6.83. The number of aryl methyl sites for hydroxylation is 2. The second-order valence-electron chi connectivity index (χ2n) is 4.01. The first-order valence-electron chi connectivity index (χ1n) is 5.83. The molecule has 1 aromatic heterocycles. The van der Waals surface area contributed by atoms with Gasteiger partial charge in [-0.3, -0.25) is 0 Å². The summed E-state index contributed by atoms with van der Waals surface area (Å²) < 4.78 is 0. The molecule has 1 heterocycles. The maximum absolute atomic E-state index is 4.19. The van der Waals surface area contributed by atoms with E-state index in [1.165, 1.54) is 44.2 Å². The molecule has 0 saturated heterocycles. The number of H-pyrrole nitrogens is 1. The van der Waals surface area contributed by atoms with Crippen molar-refractivity contribution < 1.29 is 0 Å². The van der Waals surface area contributed by atoms with Crippen molar-refractivity contribution in [1.82, 2.24) is 9.97 Å². The summed E-state index contributed by atoms with van der Waals surface area (Å²) in [4.78, 5) is 7.46. The Morgan fingerprint density at radius 3 is 2.40 bits per heavy atom. The van der Waals surface area contributed by atoms with Crippen LogP contribution in [0.5, 0.6) is 0 Å². The van der Waals surface area contributed by atoms with Crippen molar-refractivity contribution in [1.29, 1.82) is 0 Å². The van der Waals surface area contributed by atoms with Gasteiger partial charge in [-0.05, 0) is 19.8 Å². The number of hydrogen-bond acceptors (Lipinski definition) is 1. The molecule has 0 saturated carbocycles. The Bertz CT molecular complexity index is 246. The minimum atomic E-state index is 0. The molecule has 0 atom stereocenters. The fraction of sp³-hybridized carbons (Fsp3) is 0.750. The van der Waals surface area contributed by atoms with Crippen LogP contribution in [0.3, 0.4) is 0 Å². The van der Waals surface area contributed by atoms with Crippen LogP contribution in [0.25, 0.3) is 0 Å². The van der Waals surface area contributed by atoms with Crippen molar-refractivity contribution >= 4 is 12.4 Å². The summed E-state index contributed by atoms with van der Waals surface area (Å²) in [6.07, 6.45) is 11.3. The number of rotatable bonds is 7. The van der Waals surface area contributed by atoms with Gasteiger partial charge < -0.3 is 4.98 Å². The summed E-state index contributed by atoms with van der Waals surface area (Å²) in [6.45, 7) is 4.26. The van der Waals surface area contributed by atoms with Gasteiger partial charge in [0.25, 0.3) is 0 Å². The molecule has 0 fully saturated rings. The van der Waals surface area contributed by atoms with Crippen LogP contribution in [0.2, 0.25) is 0 Å². The normalized spacial score (nSPS) is 10.0. The molecule has 0 aliphatic rings. The van der Waals surface area contributed by atoms with Crippen LogP contribution in [0.4, 0.5) is 0 Å². The van der Waals surface area contributed by atoms with Crippen molar-refractivity contribution in [2.75, 3.05) is 0 Å². The first kappa shape index (κ1) is 14.5. The van der Waals surface area contributed by atoms with Crippen molar-refractivity contribution in [3.8, 4) is 0 Å². The van der Waals surface area contributed by atoms with Gasteiger partial charge in [-0.25, -0.2) is 4.98 Å². The maximum atomic E-state index is 4.19. The Kier molecular flexibility index (Phi) is 8.49. The number of imidazole rings is 1. The Balaban J connectivity index is 0.00000196. The molecule has 0 unspecified atom stereocenters. The van der Waals surface area contributed by atoms with E-state index in [0.29, 0.717) is 0 Å². The third-order valence-corrected chi connectivity index (χ3v) is 2.56. The molecule has 1 rings (SSSR count). The zero-order chi connectivity index (χ0) is 10.2. The highest BCUT2D eigenvalue weighted by atomic mass is 35.5. The topological polar surface area (TPSA) is 28.7 Å². The van der Waals surface area contributed by atoms with Gasteiger partial charge in [0.05, 0.1) is 0 Å². The monoisotopic (exact) mass is 230 g/mol. The van der Waals surface area contributed by atoms with E-state index in [1.54, 1.807) is 0 Å². The van der Waals surface area contributed by atoms with E-state index >= 15 is 0 Å². The molecule has 0 radical (unpaired) electrons. The fourth-order valence-corrected chi connectivity index (χ4v) is 1.69. The minimum absolute atomic E-state index is 0. The smallest absolute Gasteiger partial charge is 0.103 e. The third-order valence-electron chi connectivity index (χ3n) is 2.56. The molecule has 3 heteroatoms. The average molecular weight is 231 g/mol. The summed E-state index contributed by atoms with van der Waals surface area (Å²) in [7, 11) is 0. The van der Waals surface area contributed by atoms with Crippen molar-refractivity contribution in [3.63, 3.8) is 0 Å². The molecule has 0 spiro atoms. The highest BCUT2D eigenvalue weighted by Gasteiger charge is 1.96. The van der Waals surface area contributed by atoms with Gasteiger partial charge in [0, 0.05) is 11.9 Å². The van der Waals surface area contributed by atoms with Gasteiger partial charge in [-0.15, -0.1) is 12.4 Å². The average Bonchev–Trinajstić information content (AvgIpc) is 2.58. The van der Waals surface area contributed by atoms with Gasteiger partial charge in [0.1, 0.15) is 5.82 Å². The third kappa shape index (κ3) is 6.56. The SMILES string of the molecule is CCCCCCCCc1cnc(C)[nH]1.Cl. The number of unbranched alkanes of at least 4 members (excludes halogenated alkanes) is 5. The van der Waals surface area contributed by atoms with Crippen molar-refractivity contribution in [2.45, 2.75) is 58.8 Å². The lowest BCUT2D eigenvalue weighted by molar-refractivity contribution is 0.605. The molecule has 0 aliphatic carbocycles. The van der Waals surface area contributed by atoms with Crippen molar-refractivity contribution in [2.24, 2.45) is 0 Å². The summed E-state index contributed by atoms with van der Waals surface area (Å²) >= 11 is 0. The highest BCUT2D eigenvalue weighted by Crippen LogP contribution is 2.08. The van der Waals surface area contributed by atoms with Crippen LogP contribution < -0.4 is 0 Å². The van der Waals surface area contributed by atoms with E-state index in [0.717, 1.165) is 12.2 Å². The zero-order valence-corrected chi connectivity index (χ0v) is 10.7. The van der Waals surface area contributed by atoms with Gasteiger partial charge in [0.15, 0.2) is 0 Å². The number of nitrogens with one attached hydrogen (secondary N) is 1. The minimum Gasteiger partial charge on any atom is -0.346 e. The molecule has 0 aliphatic heterocycles. The summed E-state index contributed by atoms with van der Waals surface area (Å²) in [6, 6.07) is 0. The van der Waals surface area contributed by atoms with E-state index in [2.05, 4.69) is 16.9 Å². The first-order valence-corrected chi connectivity index (χ1v) is 5.83. The molecule has 0 amide bonds. The standard InChI is InChI=1S/C12H22N2.ClH/c1-3-4-5-6-7-8-9-12-10-13-11(2)14-12;/h10H,3-9H2,1-2H3,(H,13,14);1H. The molecule has 1 N–H and O–H groups in total. The molecule has 88 valence electrons. The quantitative estimate of drug-likeness (QED) is 0.704. The second kappa shape index (κ2) is 8.78. The lowest BCUT2D eigenvalue weighted by Crippen LogP contribution is -1.86. The van der Waals surface area contributed by atoms with E-state index in [9.17, 15) is 0 Å². The molecule has 2 nitrogen and oxygen atoms in total. The summed E-state index contributed by atoms with van der Waals surface area (Å²) in [5.74, 6) is 1.03. The largest absolute Gasteiger partial charge is 0.346 e. The lowest BCUT2D eigenvalue weighted by Gasteiger charge is -1.99. The van der Waals surface area contributed by atoms with Crippen LogP contribution >= 0.6 is 12.4 Å². The predicted octanol–water partition coefficient (Wildman–Crippen LogP) is 4.04. The zero-order valence-electron chi connectivity index (χ0n) is 9.88. The van der Waals surface area contributed by atoms with Crippen molar-refractivity contribution in [3.05, 3.63) is 17.7 Å².